The van der Waals surface area contributed by atoms with Crippen molar-refractivity contribution in [1.29, 1.82) is 0 Å². The number of aliphatic carboxylic acids is 1. The number of rotatable bonds is 3. The summed E-state index contributed by atoms with van der Waals surface area (Å²) in [5.74, 6) is -1.77. The highest BCUT2D eigenvalue weighted by molar-refractivity contribution is 5.93. The lowest BCUT2D eigenvalue weighted by atomic mass is 10.2. The maximum atomic E-state index is 11.3. The first kappa shape index (κ1) is 13.4. The summed E-state index contributed by atoms with van der Waals surface area (Å²) < 4.78 is 4.23. The lowest BCUT2D eigenvalue weighted by molar-refractivity contribution is -0.142. The largest absolute Gasteiger partial charge is 0.480 e. The number of carboxylic acid groups (broad SMARTS) is 1. The molecule has 8 heteroatoms. The Kier molecular flexibility index (Phi) is 4.41. The van der Waals surface area contributed by atoms with E-state index in [0.29, 0.717) is 0 Å². The monoisotopic (exact) mass is 246 g/mol. The second-order valence-corrected chi connectivity index (χ2v) is 3.71. The number of carboxylic acids is 1. The number of methoxy groups -OCH3 is 1. The molecule has 1 fully saturated rings. The Hall–Kier alpha value is -1.67. The summed E-state index contributed by atoms with van der Waals surface area (Å²) in [6, 6.07) is -0.909. The molecule has 0 aromatic rings. The number of imide groups is 1. The van der Waals surface area contributed by atoms with E-state index in [1.807, 2.05) is 5.32 Å². The number of alkyl carbamates (subject to hydrolysis) is 1. The van der Waals surface area contributed by atoms with E-state index >= 15 is 0 Å². The van der Waals surface area contributed by atoms with Crippen molar-refractivity contribution in [3.8, 4) is 0 Å². The van der Waals surface area contributed by atoms with Gasteiger partial charge in [-0.1, -0.05) is 0 Å². The zero-order valence-electron chi connectivity index (χ0n) is 9.25. The van der Waals surface area contributed by atoms with Crippen LogP contribution in [-0.4, -0.2) is 65.4 Å². The van der Waals surface area contributed by atoms with Crippen molar-refractivity contribution in [3.05, 3.63) is 0 Å². The number of nitrogens with one attached hydrogen (secondary N) is 1. The summed E-state index contributed by atoms with van der Waals surface area (Å²) in [5.41, 5.74) is 0. The molecular weight excluding hydrogens is 232 g/mol. The molecule has 0 aromatic heterocycles. The van der Waals surface area contributed by atoms with Crippen LogP contribution in [-0.2, 0) is 14.3 Å². The average Bonchev–Trinajstić information content (AvgIpc) is 2.59. The summed E-state index contributed by atoms with van der Waals surface area (Å²) in [5, 5.41) is 20.1. The Labute approximate surface area is 97.1 Å². The highest BCUT2D eigenvalue weighted by Gasteiger charge is 2.36. The van der Waals surface area contributed by atoms with Gasteiger partial charge in [0.15, 0.2) is 0 Å². The molecule has 17 heavy (non-hydrogen) atoms. The van der Waals surface area contributed by atoms with Crippen LogP contribution < -0.4 is 5.32 Å². The van der Waals surface area contributed by atoms with E-state index in [0.717, 1.165) is 7.11 Å². The molecule has 0 aliphatic carbocycles. The van der Waals surface area contributed by atoms with Crippen molar-refractivity contribution >= 4 is 18.0 Å². The number of ether oxygens (including phenoxy) is 1. The van der Waals surface area contributed by atoms with Crippen molar-refractivity contribution in [2.75, 3.05) is 20.2 Å². The molecule has 0 spiro atoms. The average molecular weight is 246 g/mol. The van der Waals surface area contributed by atoms with Crippen LogP contribution in [0.1, 0.15) is 6.42 Å². The Bertz CT molecular complexity index is 331. The van der Waals surface area contributed by atoms with Gasteiger partial charge in [-0.05, 0) is 0 Å². The highest BCUT2D eigenvalue weighted by Crippen LogP contribution is 2.17. The molecule has 0 saturated carbocycles. The van der Waals surface area contributed by atoms with Crippen molar-refractivity contribution < 1.29 is 29.3 Å². The molecule has 1 heterocycles. The third-order valence-electron chi connectivity index (χ3n) is 2.44. The van der Waals surface area contributed by atoms with Gasteiger partial charge in [-0.15, -0.1) is 0 Å². The van der Waals surface area contributed by atoms with Gasteiger partial charge in [-0.3, -0.25) is 19.8 Å². The van der Waals surface area contributed by atoms with Crippen molar-refractivity contribution in [3.63, 3.8) is 0 Å². The molecule has 2 atom stereocenters. The predicted octanol–water partition coefficient (Wildman–Crippen LogP) is -1.61. The molecule has 2 unspecified atom stereocenters. The molecule has 2 amide bonds. The van der Waals surface area contributed by atoms with Gasteiger partial charge in [0.25, 0.3) is 0 Å². The number of hydrogen-bond donors (Lipinski definition) is 3. The van der Waals surface area contributed by atoms with E-state index in [9.17, 15) is 19.5 Å². The second kappa shape index (κ2) is 5.60. The number of amides is 2. The van der Waals surface area contributed by atoms with Crippen LogP contribution in [0.25, 0.3) is 0 Å². The fraction of sp³-hybridized carbons (Fsp3) is 0.667. The molecular formula is C9H14N2O6. The molecule has 3 N–H and O–H groups in total. The number of β-amino-alcohol motifs (C(OH)–C–C–N with tert-alkyl or cyclic N) is 1. The summed E-state index contributed by atoms with van der Waals surface area (Å²) in [6.07, 6.45) is -1.61. The molecule has 8 nitrogen and oxygen atoms in total. The number of aliphatic hydroxyl groups is 1. The minimum Gasteiger partial charge on any atom is -0.480 e. The van der Waals surface area contributed by atoms with Crippen molar-refractivity contribution in [1.82, 2.24) is 10.2 Å². The normalized spacial score (nSPS) is 24.4. The number of hydrogen-bond acceptors (Lipinski definition) is 6. The second-order valence-electron chi connectivity index (χ2n) is 3.71. The fourth-order valence-corrected chi connectivity index (χ4v) is 1.70. The van der Waals surface area contributed by atoms with Gasteiger partial charge in [0.05, 0.1) is 19.8 Å². The third-order valence-corrected chi connectivity index (χ3v) is 2.44. The van der Waals surface area contributed by atoms with Crippen LogP contribution in [0.2, 0.25) is 0 Å². The minimum absolute atomic E-state index is 0.0703. The van der Waals surface area contributed by atoms with Crippen LogP contribution in [0.15, 0.2) is 0 Å². The highest BCUT2D eigenvalue weighted by atomic mass is 16.5. The van der Waals surface area contributed by atoms with E-state index in [2.05, 4.69) is 4.74 Å². The van der Waals surface area contributed by atoms with Gasteiger partial charge >= 0.3 is 12.1 Å². The topological polar surface area (TPSA) is 116 Å². The van der Waals surface area contributed by atoms with Gasteiger partial charge in [0, 0.05) is 13.0 Å². The number of carbonyl (C=O) groups is 3. The first-order valence-corrected chi connectivity index (χ1v) is 4.96. The predicted molar refractivity (Wildman–Crippen MR) is 54.2 cm³/mol. The van der Waals surface area contributed by atoms with Crippen LogP contribution in [0.5, 0.6) is 0 Å². The standard InChI is InChI=1S/C9H14N2O6/c1-17-9(16)10-7(13)4-11-3-5(12)2-6(11)8(14)15/h5-6,12H,2-4H2,1H3,(H,14,15)(H,10,13,16). The Morgan fingerprint density at radius 2 is 2.12 bits per heavy atom. The molecule has 96 valence electrons. The van der Waals surface area contributed by atoms with Gasteiger partial charge in [-0.2, -0.15) is 0 Å². The molecule has 0 radical (unpaired) electrons. The maximum absolute atomic E-state index is 11.3. The van der Waals surface area contributed by atoms with Gasteiger partial charge in [-0.25, -0.2) is 4.79 Å². The zero-order valence-corrected chi connectivity index (χ0v) is 9.25. The number of aliphatic hydroxyl groups excluding tert-OH is 1. The van der Waals surface area contributed by atoms with E-state index in [-0.39, 0.29) is 19.5 Å². The SMILES string of the molecule is COC(=O)NC(=O)CN1CC(O)CC1C(=O)O. The number of likely N-dealkylation sites (tertiary alicyclic amines) is 1. The van der Waals surface area contributed by atoms with Crippen LogP contribution in [0.4, 0.5) is 4.79 Å². The van der Waals surface area contributed by atoms with Crippen molar-refractivity contribution in [2.45, 2.75) is 18.6 Å². The summed E-state index contributed by atoms with van der Waals surface area (Å²) >= 11 is 0. The van der Waals surface area contributed by atoms with Gasteiger partial charge in [0.2, 0.25) is 5.91 Å². The minimum atomic E-state index is -1.10. The first-order valence-electron chi connectivity index (χ1n) is 4.96. The molecule has 0 aromatic carbocycles. The molecule has 1 rings (SSSR count). The first-order chi connectivity index (χ1) is 7.93. The maximum Gasteiger partial charge on any atom is 0.413 e. The lowest BCUT2D eigenvalue weighted by Crippen LogP contribution is -2.44. The van der Waals surface area contributed by atoms with Crippen LogP contribution >= 0.6 is 0 Å². The van der Waals surface area contributed by atoms with Crippen molar-refractivity contribution in [2.24, 2.45) is 0 Å². The summed E-state index contributed by atoms with van der Waals surface area (Å²) in [4.78, 5) is 34.2. The lowest BCUT2D eigenvalue weighted by Gasteiger charge is -2.19. The van der Waals surface area contributed by atoms with Gasteiger partial charge < -0.3 is 14.9 Å². The molecule has 0 bridgehead atoms. The smallest absolute Gasteiger partial charge is 0.413 e. The van der Waals surface area contributed by atoms with E-state index in [4.69, 9.17) is 5.11 Å². The number of carbonyl (C=O) groups excluding carboxylic acids is 2. The van der Waals surface area contributed by atoms with E-state index in [1.54, 1.807) is 0 Å². The Morgan fingerprint density at radius 3 is 2.65 bits per heavy atom. The molecule has 1 aliphatic heterocycles. The summed E-state index contributed by atoms with van der Waals surface area (Å²) in [7, 11) is 1.11. The summed E-state index contributed by atoms with van der Waals surface area (Å²) in [6.45, 7) is -0.186. The van der Waals surface area contributed by atoms with Gasteiger partial charge in [0.1, 0.15) is 6.04 Å². The molecule has 1 saturated heterocycles. The van der Waals surface area contributed by atoms with Crippen LogP contribution in [0.3, 0.4) is 0 Å². The number of nitrogens with zero attached hydrogens (tertiary/aromatic N) is 1. The fourth-order valence-electron chi connectivity index (χ4n) is 1.70. The van der Waals surface area contributed by atoms with E-state index in [1.165, 1.54) is 4.90 Å². The molecule has 1 aliphatic rings. The Morgan fingerprint density at radius 1 is 1.47 bits per heavy atom. The quantitative estimate of drug-likeness (QED) is 0.548. The zero-order chi connectivity index (χ0) is 13.0. The Balaban J connectivity index is 2.52. The third kappa shape index (κ3) is 3.68. The van der Waals surface area contributed by atoms with E-state index < -0.39 is 30.1 Å². The van der Waals surface area contributed by atoms with Crippen LogP contribution in [0, 0.1) is 0 Å².